The molecule has 0 fully saturated rings. The van der Waals surface area contributed by atoms with E-state index in [0.29, 0.717) is 19.1 Å². The van der Waals surface area contributed by atoms with Gasteiger partial charge in [0.15, 0.2) is 17.5 Å². The van der Waals surface area contributed by atoms with Crippen molar-refractivity contribution in [3.8, 4) is 17.2 Å². The SMILES string of the molecule is CCOc1cc(CCCNC(=NC)NCC(=O)NCc2ccc(OC)cc2)ccc1OC. The third kappa shape index (κ3) is 8.37. The second-order valence-electron chi connectivity index (χ2n) is 7.00. The Morgan fingerprint density at radius 2 is 1.69 bits per heavy atom. The van der Waals surface area contributed by atoms with E-state index in [2.05, 4.69) is 20.9 Å². The number of carbonyl (C=O) groups excluding carboxylic acids is 1. The summed E-state index contributed by atoms with van der Waals surface area (Å²) >= 11 is 0. The van der Waals surface area contributed by atoms with Gasteiger partial charge < -0.3 is 30.2 Å². The molecule has 174 valence electrons. The number of ether oxygens (including phenoxy) is 3. The average Bonchev–Trinajstić information content (AvgIpc) is 2.83. The van der Waals surface area contributed by atoms with Gasteiger partial charge in [-0.2, -0.15) is 0 Å². The quantitative estimate of drug-likeness (QED) is 0.266. The molecule has 0 spiro atoms. The van der Waals surface area contributed by atoms with E-state index in [-0.39, 0.29) is 12.5 Å². The largest absolute Gasteiger partial charge is 0.497 e. The Bertz CT molecular complexity index is 869. The van der Waals surface area contributed by atoms with E-state index < -0.39 is 0 Å². The Morgan fingerprint density at radius 3 is 2.34 bits per heavy atom. The molecule has 2 aromatic carbocycles. The summed E-state index contributed by atoms with van der Waals surface area (Å²) in [7, 11) is 4.95. The van der Waals surface area contributed by atoms with E-state index in [0.717, 1.165) is 42.2 Å². The Labute approximate surface area is 190 Å². The smallest absolute Gasteiger partial charge is 0.239 e. The van der Waals surface area contributed by atoms with Crippen LogP contribution in [0.4, 0.5) is 0 Å². The first-order valence-electron chi connectivity index (χ1n) is 10.7. The first kappa shape index (κ1) is 24.8. The topological polar surface area (TPSA) is 93.2 Å². The van der Waals surface area contributed by atoms with Crippen molar-refractivity contribution in [2.24, 2.45) is 4.99 Å². The predicted molar refractivity (Wildman–Crippen MR) is 127 cm³/mol. The van der Waals surface area contributed by atoms with Crippen molar-refractivity contribution >= 4 is 11.9 Å². The minimum absolute atomic E-state index is 0.106. The van der Waals surface area contributed by atoms with E-state index in [1.165, 1.54) is 5.56 Å². The molecule has 0 unspecified atom stereocenters. The van der Waals surface area contributed by atoms with Gasteiger partial charge in [0.25, 0.3) is 0 Å². The summed E-state index contributed by atoms with van der Waals surface area (Å²) in [6, 6.07) is 13.6. The van der Waals surface area contributed by atoms with Crippen molar-refractivity contribution in [3.05, 3.63) is 53.6 Å². The second kappa shape index (κ2) is 13.8. The lowest BCUT2D eigenvalue weighted by molar-refractivity contribution is -0.120. The van der Waals surface area contributed by atoms with Crippen LogP contribution in [-0.2, 0) is 17.8 Å². The van der Waals surface area contributed by atoms with Gasteiger partial charge >= 0.3 is 0 Å². The maximum absolute atomic E-state index is 12.1. The van der Waals surface area contributed by atoms with Crippen LogP contribution in [0.1, 0.15) is 24.5 Å². The number of benzene rings is 2. The van der Waals surface area contributed by atoms with E-state index in [1.807, 2.05) is 49.4 Å². The second-order valence-corrected chi connectivity index (χ2v) is 7.00. The van der Waals surface area contributed by atoms with Crippen molar-refractivity contribution in [2.75, 3.05) is 41.0 Å². The van der Waals surface area contributed by atoms with Crippen LogP contribution in [-0.4, -0.2) is 52.8 Å². The first-order chi connectivity index (χ1) is 15.6. The Kier molecular flexibility index (Phi) is 10.7. The van der Waals surface area contributed by atoms with Gasteiger partial charge in [-0.25, -0.2) is 0 Å². The Hall–Kier alpha value is -3.42. The monoisotopic (exact) mass is 442 g/mol. The van der Waals surface area contributed by atoms with Crippen LogP contribution in [0, 0.1) is 0 Å². The molecule has 0 heterocycles. The standard InChI is InChI=1S/C24H34N4O4/c1-5-32-22-15-18(10-13-21(22)31-4)7-6-14-26-24(25-2)28-17-23(29)27-16-19-8-11-20(30-3)12-9-19/h8-13,15H,5-7,14,16-17H2,1-4H3,(H,27,29)(H2,25,26,28). The lowest BCUT2D eigenvalue weighted by Gasteiger charge is -2.13. The molecule has 0 saturated carbocycles. The molecule has 32 heavy (non-hydrogen) atoms. The minimum Gasteiger partial charge on any atom is -0.497 e. The van der Waals surface area contributed by atoms with Gasteiger partial charge in [0.05, 0.1) is 27.4 Å². The Balaban J connectivity index is 1.68. The molecule has 3 N–H and O–H groups in total. The van der Waals surface area contributed by atoms with Crippen LogP contribution in [0.15, 0.2) is 47.5 Å². The van der Waals surface area contributed by atoms with Gasteiger partial charge in [-0.3, -0.25) is 9.79 Å². The fraction of sp³-hybridized carbons (Fsp3) is 0.417. The van der Waals surface area contributed by atoms with Crippen LogP contribution < -0.4 is 30.2 Å². The normalized spacial score (nSPS) is 10.9. The number of aryl methyl sites for hydroxylation is 1. The molecule has 0 aliphatic heterocycles. The average molecular weight is 443 g/mol. The number of amides is 1. The highest BCUT2D eigenvalue weighted by Crippen LogP contribution is 2.28. The summed E-state index contributed by atoms with van der Waals surface area (Å²) in [5, 5.41) is 9.15. The van der Waals surface area contributed by atoms with Crippen molar-refractivity contribution in [1.82, 2.24) is 16.0 Å². The summed E-state index contributed by atoms with van der Waals surface area (Å²) in [5.41, 5.74) is 2.18. The number of methoxy groups -OCH3 is 2. The highest BCUT2D eigenvalue weighted by atomic mass is 16.5. The molecule has 8 heteroatoms. The molecular weight excluding hydrogens is 408 g/mol. The Morgan fingerprint density at radius 1 is 0.938 bits per heavy atom. The molecule has 0 aliphatic rings. The third-order valence-corrected chi connectivity index (χ3v) is 4.75. The summed E-state index contributed by atoms with van der Waals surface area (Å²) in [6.45, 7) is 3.88. The van der Waals surface area contributed by atoms with Gasteiger partial charge in [0, 0.05) is 20.1 Å². The van der Waals surface area contributed by atoms with Crippen molar-refractivity contribution in [2.45, 2.75) is 26.3 Å². The number of hydrogen-bond donors (Lipinski definition) is 3. The van der Waals surface area contributed by atoms with Gasteiger partial charge in [-0.1, -0.05) is 18.2 Å². The van der Waals surface area contributed by atoms with Crippen LogP contribution in [0.2, 0.25) is 0 Å². The molecule has 8 nitrogen and oxygen atoms in total. The molecule has 0 aliphatic carbocycles. The summed E-state index contributed by atoms with van der Waals surface area (Å²) in [4.78, 5) is 16.3. The van der Waals surface area contributed by atoms with Gasteiger partial charge in [0.1, 0.15) is 5.75 Å². The maximum Gasteiger partial charge on any atom is 0.239 e. The highest BCUT2D eigenvalue weighted by molar-refractivity contribution is 5.86. The number of hydrogen-bond acceptors (Lipinski definition) is 5. The molecule has 0 aromatic heterocycles. The van der Waals surface area contributed by atoms with Crippen LogP contribution in [0.5, 0.6) is 17.2 Å². The van der Waals surface area contributed by atoms with E-state index >= 15 is 0 Å². The minimum atomic E-state index is -0.106. The van der Waals surface area contributed by atoms with Crippen molar-refractivity contribution in [1.29, 1.82) is 0 Å². The predicted octanol–water partition coefficient (Wildman–Crippen LogP) is 2.52. The molecular formula is C24H34N4O4. The van der Waals surface area contributed by atoms with Crippen LogP contribution >= 0.6 is 0 Å². The zero-order valence-electron chi connectivity index (χ0n) is 19.4. The van der Waals surface area contributed by atoms with Gasteiger partial charge in [-0.05, 0) is 55.2 Å². The van der Waals surface area contributed by atoms with E-state index in [1.54, 1.807) is 21.3 Å². The van der Waals surface area contributed by atoms with Crippen molar-refractivity contribution in [3.63, 3.8) is 0 Å². The number of guanidine groups is 1. The number of nitrogens with one attached hydrogen (secondary N) is 3. The third-order valence-electron chi connectivity index (χ3n) is 4.75. The molecule has 2 aromatic rings. The lowest BCUT2D eigenvalue weighted by Crippen LogP contribution is -2.43. The fourth-order valence-corrected chi connectivity index (χ4v) is 3.04. The zero-order chi connectivity index (χ0) is 23.2. The highest BCUT2D eigenvalue weighted by Gasteiger charge is 2.06. The molecule has 0 atom stereocenters. The summed E-state index contributed by atoms with van der Waals surface area (Å²) in [6.07, 6.45) is 1.79. The van der Waals surface area contributed by atoms with Crippen LogP contribution in [0.3, 0.4) is 0 Å². The molecule has 0 radical (unpaired) electrons. The number of rotatable bonds is 12. The van der Waals surface area contributed by atoms with Crippen LogP contribution in [0.25, 0.3) is 0 Å². The first-order valence-corrected chi connectivity index (χ1v) is 10.7. The van der Waals surface area contributed by atoms with E-state index in [4.69, 9.17) is 14.2 Å². The molecule has 1 amide bonds. The van der Waals surface area contributed by atoms with E-state index in [9.17, 15) is 4.79 Å². The number of carbonyl (C=O) groups is 1. The van der Waals surface area contributed by atoms with Crippen molar-refractivity contribution < 1.29 is 19.0 Å². The molecule has 0 saturated heterocycles. The zero-order valence-corrected chi connectivity index (χ0v) is 19.4. The number of nitrogens with zero attached hydrogens (tertiary/aromatic N) is 1. The molecule has 2 rings (SSSR count). The fourth-order valence-electron chi connectivity index (χ4n) is 3.04. The summed E-state index contributed by atoms with van der Waals surface area (Å²) < 4.78 is 16.1. The maximum atomic E-state index is 12.1. The molecule has 0 bridgehead atoms. The van der Waals surface area contributed by atoms with Gasteiger partial charge in [0.2, 0.25) is 5.91 Å². The summed E-state index contributed by atoms with van der Waals surface area (Å²) in [5.74, 6) is 2.78. The lowest BCUT2D eigenvalue weighted by atomic mass is 10.1. The van der Waals surface area contributed by atoms with Gasteiger partial charge in [-0.15, -0.1) is 0 Å². The number of aliphatic imine (C=N–C) groups is 1.